The van der Waals surface area contributed by atoms with Gasteiger partial charge in [0.25, 0.3) is 0 Å². The number of allylic oxidation sites excluding steroid dienone is 4. The monoisotopic (exact) mass is 248 g/mol. The van der Waals surface area contributed by atoms with Crippen LogP contribution in [0.15, 0.2) is 24.3 Å². The molecule has 0 amide bonds. The summed E-state index contributed by atoms with van der Waals surface area (Å²) in [5.74, 6) is -0.502. The Labute approximate surface area is 106 Å². The first-order chi connectivity index (χ1) is 8.69. The van der Waals surface area contributed by atoms with E-state index < -0.39 is 11.8 Å². The van der Waals surface area contributed by atoms with Gasteiger partial charge in [-0.2, -0.15) is 0 Å². The van der Waals surface area contributed by atoms with E-state index in [2.05, 4.69) is 24.3 Å². The number of esters is 2. The molecule has 6 atom stereocenters. The molecular weight excluding hydrogens is 232 g/mol. The van der Waals surface area contributed by atoms with Crippen molar-refractivity contribution in [2.75, 3.05) is 14.2 Å². The molecule has 0 aromatic carbocycles. The van der Waals surface area contributed by atoms with E-state index in [1.54, 1.807) is 0 Å². The molecule has 1 saturated carbocycles. The summed E-state index contributed by atoms with van der Waals surface area (Å²) in [6.45, 7) is 0. The number of carbonyl (C=O) groups excluding carboxylic acids is 2. The third-order valence-corrected chi connectivity index (χ3v) is 4.61. The summed E-state index contributed by atoms with van der Waals surface area (Å²) in [6.07, 6.45) is 8.40. The van der Waals surface area contributed by atoms with Gasteiger partial charge in [0.1, 0.15) is 0 Å². The van der Waals surface area contributed by atoms with Crippen LogP contribution in [0.5, 0.6) is 0 Å². The summed E-state index contributed by atoms with van der Waals surface area (Å²) in [5, 5.41) is 0. The number of rotatable bonds is 2. The van der Waals surface area contributed by atoms with Crippen molar-refractivity contribution in [1.29, 1.82) is 0 Å². The lowest BCUT2D eigenvalue weighted by molar-refractivity contribution is -0.167. The average molecular weight is 248 g/mol. The van der Waals surface area contributed by atoms with Gasteiger partial charge in [-0.3, -0.25) is 9.59 Å². The van der Waals surface area contributed by atoms with E-state index in [0.717, 1.165) is 0 Å². The molecule has 0 saturated heterocycles. The van der Waals surface area contributed by atoms with Gasteiger partial charge in [0, 0.05) is 0 Å². The molecule has 0 unspecified atom stereocenters. The van der Waals surface area contributed by atoms with Crippen molar-refractivity contribution in [3.8, 4) is 0 Å². The predicted molar refractivity (Wildman–Crippen MR) is 63.3 cm³/mol. The maximum absolute atomic E-state index is 12.0. The quantitative estimate of drug-likeness (QED) is 0.544. The van der Waals surface area contributed by atoms with Gasteiger partial charge in [-0.1, -0.05) is 24.3 Å². The second-order valence-electron chi connectivity index (χ2n) is 5.18. The standard InChI is InChI=1S/C14H16O4/c1-17-13(15)11-9-5-6-10(8-4-3-7(8)9)12(11)14(16)18-2/h3-12H,1-2H3/t7-,8-,9+,10+,11-,12+/m0/s1. The van der Waals surface area contributed by atoms with Crippen molar-refractivity contribution in [3.63, 3.8) is 0 Å². The minimum atomic E-state index is -0.399. The van der Waals surface area contributed by atoms with Crippen LogP contribution in [-0.4, -0.2) is 26.2 Å². The van der Waals surface area contributed by atoms with Crippen LogP contribution >= 0.6 is 0 Å². The van der Waals surface area contributed by atoms with Crippen LogP contribution < -0.4 is 0 Å². The van der Waals surface area contributed by atoms with Crippen LogP contribution in [0.3, 0.4) is 0 Å². The Balaban J connectivity index is 2.00. The number of carbonyl (C=O) groups is 2. The third-order valence-electron chi connectivity index (χ3n) is 4.61. The zero-order chi connectivity index (χ0) is 12.9. The van der Waals surface area contributed by atoms with Gasteiger partial charge in [-0.15, -0.1) is 0 Å². The summed E-state index contributed by atoms with van der Waals surface area (Å²) < 4.78 is 9.74. The van der Waals surface area contributed by atoms with Crippen LogP contribution in [0.2, 0.25) is 0 Å². The lowest BCUT2D eigenvalue weighted by Crippen LogP contribution is -2.55. The average Bonchev–Trinajstić information content (AvgIpc) is 2.35. The summed E-state index contributed by atoms with van der Waals surface area (Å²) in [6, 6.07) is 0. The van der Waals surface area contributed by atoms with E-state index >= 15 is 0 Å². The van der Waals surface area contributed by atoms with Gasteiger partial charge in [0.2, 0.25) is 0 Å². The lowest BCUT2D eigenvalue weighted by Gasteiger charge is -2.53. The molecule has 4 heteroatoms. The molecule has 96 valence electrons. The fraction of sp³-hybridized carbons (Fsp3) is 0.571. The van der Waals surface area contributed by atoms with E-state index in [1.165, 1.54) is 14.2 Å². The van der Waals surface area contributed by atoms with Gasteiger partial charge < -0.3 is 9.47 Å². The highest BCUT2D eigenvalue weighted by molar-refractivity contribution is 5.84. The highest BCUT2D eigenvalue weighted by atomic mass is 16.5. The zero-order valence-corrected chi connectivity index (χ0v) is 10.4. The molecule has 4 nitrogen and oxygen atoms in total. The lowest BCUT2D eigenvalue weighted by atomic mass is 9.50. The van der Waals surface area contributed by atoms with E-state index in [0.29, 0.717) is 11.8 Å². The van der Waals surface area contributed by atoms with Crippen molar-refractivity contribution >= 4 is 11.9 Å². The van der Waals surface area contributed by atoms with Crippen molar-refractivity contribution in [1.82, 2.24) is 0 Å². The molecule has 0 spiro atoms. The topological polar surface area (TPSA) is 52.6 Å². The molecule has 2 bridgehead atoms. The second kappa shape index (κ2) is 3.97. The molecule has 4 aliphatic rings. The maximum Gasteiger partial charge on any atom is 0.310 e. The molecule has 1 fully saturated rings. The maximum atomic E-state index is 12.0. The first kappa shape index (κ1) is 11.5. The molecule has 4 aliphatic carbocycles. The van der Waals surface area contributed by atoms with E-state index in [-0.39, 0.29) is 23.8 Å². The highest BCUT2D eigenvalue weighted by Crippen LogP contribution is 2.56. The summed E-state index contributed by atoms with van der Waals surface area (Å²) in [7, 11) is 2.74. The largest absolute Gasteiger partial charge is 0.469 e. The number of hydrogen-bond donors (Lipinski definition) is 0. The van der Waals surface area contributed by atoms with E-state index in [4.69, 9.17) is 9.47 Å². The predicted octanol–water partition coefficient (Wildman–Crippen LogP) is 1.18. The number of hydrogen-bond acceptors (Lipinski definition) is 4. The molecular formula is C14H16O4. The molecule has 0 N–H and O–H groups in total. The number of fused-ring (bicyclic) bond motifs is 1. The minimum absolute atomic E-state index is 0.0709. The van der Waals surface area contributed by atoms with Gasteiger partial charge in [0.05, 0.1) is 26.1 Å². The minimum Gasteiger partial charge on any atom is -0.469 e. The smallest absolute Gasteiger partial charge is 0.310 e. The van der Waals surface area contributed by atoms with Crippen molar-refractivity contribution < 1.29 is 19.1 Å². The number of ether oxygens (including phenoxy) is 2. The molecule has 0 heterocycles. The highest BCUT2D eigenvalue weighted by Gasteiger charge is 2.58. The summed E-state index contributed by atoms with van der Waals surface area (Å²) in [4.78, 5) is 24.0. The van der Waals surface area contributed by atoms with Crippen LogP contribution in [0.25, 0.3) is 0 Å². The number of methoxy groups -OCH3 is 2. The van der Waals surface area contributed by atoms with Crippen LogP contribution in [0.4, 0.5) is 0 Å². The Morgan fingerprint density at radius 3 is 1.33 bits per heavy atom. The van der Waals surface area contributed by atoms with Crippen LogP contribution in [0, 0.1) is 35.5 Å². The zero-order valence-electron chi connectivity index (χ0n) is 10.4. The Bertz CT molecular complexity index is 411. The summed E-state index contributed by atoms with van der Waals surface area (Å²) in [5.41, 5.74) is 0. The third kappa shape index (κ3) is 1.32. The van der Waals surface area contributed by atoms with Gasteiger partial charge in [-0.25, -0.2) is 0 Å². The Morgan fingerprint density at radius 2 is 1.06 bits per heavy atom. The molecule has 18 heavy (non-hydrogen) atoms. The van der Waals surface area contributed by atoms with Crippen molar-refractivity contribution in [3.05, 3.63) is 24.3 Å². The van der Waals surface area contributed by atoms with Crippen molar-refractivity contribution in [2.24, 2.45) is 35.5 Å². The Morgan fingerprint density at radius 1 is 0.722 bits per heavy atom. The van der Waals surface area contributed by atoms with Crippen LogP contribution in [-0.2, 0) is 19.1 Å². The molecule has 0 aromatic heterocycles. The second-order valence-corrected chi connectivity index (χ2v) is 5.18. The molecule has 4 rings (SSSR count). The Kier molecular flexibility index (Phi) is 2.54. The fourth-order valence-corrected chi connectivity index (χ4v) is 3.73. The SMILES string of the molecule is COC(=O)[C@@H]1[C@@H]2C=C[C@H]([C@H]3C=C[C@@H]32)[C@@H]1C(=O)OC. The van der Waals surface area contributed by atoms with Crippen LogP contribution in [0.1, 0.15) is 0 Å². The van der Waals surface area contributed by atoms with Gasteiger partial charge in [0.15, 0.2) is 0 Å². The van der Waals surface area contributed by atoms with Gasteiger partial charge >= 0.3 is 11.9 Å². The van der Waals surface area contributed by atoms with Gasteiger partial charge in [-0.05, 0) is 23.7 Å². The molecule has 0 aromatic rings. The Hall–Kier alpha value is -1.58. The summed E-state index contributed by atoms with van der Waals surface area (Å²) >= 11 is 0. The normalized spacial score (nSPS) is 43.0. The first-order valence-corrected chi connectivity index (χ1v) is 6.21. The molecule has 0 aliphatic heterocycles. The van der Waals surface area contributed by atoms with E-state index in [1.807, 2.05) is 0 Å². The van der Waals surface area contributed by atoms with E-state index in [9.17, 15) is 9.59 Å². The fourth-order valence-electron chi connectivity index (χ4n) is 3.73. The van der Waals surface area contributed by atoms with Crippen molar-refractivity contribution in [2.45, 2.75) is 0 Å². The first-order valence-electron chi connectivity index (χ1n) is 6.21. The molecule has 0 radical (unpaired) electrons.